The zero-order chi connectivity index (χ0) is 18.6. The van der Waals surface area contributed by atoms with Crippen LogP contribution in [0.3, 0.4) is 0 Å². The Morgan fingerprint density at radius 3 is 2.67 bits per heavy atom. The van der Waals surface area contributed by atoms with Crippen LogP contribution in [-0.2, 0) is 4.79 Å². The molecule has 0 bridgehead atoms. The number of hydrogen-bond donors (Lipinski definition) is 1. The second-order valence-corrected chi connectivity index (χ2v) is 7.87. The summed E-state index contributed by atoms with van der Waals surface area (Å²) < 4.78 is 0. The number of carbonyl (C=O) groups is 2. The normalized spacial score (nSPS) is 22.3. The van der Waals surface area contributed by atoms with Gasteiger partial charge in [0.1, 0.15) is 0 Å². The summed E-state index contributed by atoms with van der Waals surface area (Å²) in [6.07, 6.45) is 7.75. The number of hydrogen-bond acceptors (Lipinski definition) is 2. The standard InChI is InChI=1S/C23H28N2O2/c26-22(25-16-6-10-18-8-2-4-13-21(18)25)14-15-24-23(27)20-12-5-9-17-7-1-3-11-19(17)20/h1,3,5,7,9,11-12,18,21H,2,4,6,8,10,13-16H2,(H,24,27). The topological polar surface area (TPSA) is 49.4 Å². The first-order chi connectivity index (χ1) is 13.2. The van der Waals surface area contributed by atoms with E-state index in [1.807, 2.05) is 42.5 Å². The zero-order valence-electron chi connectivity index (χ0n) is 15.8. The molecule has 1 aliphatic carbocycles. The van der Waals surface area contributed by atoms with Crippen molar-refractivity contribution in [3.8, 4) is 0 Å². The molecule has 142 valence electrons. The molecule has 2 aromatic carbocycles. The molecule has 4 nitrogen and oxygen atoms in total. The SMILES string of the molecule is O=C(NCCC(=O)N1CCCC2CCCCC21)c1cccc2ccccc12. The number of amides is 2. The van der Waals surface area contributed by atoms with Crippen LogP contribution < -0.4 is 5.32 Å². The number of piperidine rings is 1. The molecule has 1 aliphatic heterocycles. The molecule has 0 spiro atoms. The van der Waals surface area contributed by atoms with Gasteiger partial charge in [0.25, 0.3) is 5.91 Å². The number of carbonyl (C=O) groups excluding carboxylic acids is 2. The average molecular weight is 364 g/mol. The minimum Gasteiger partial charge on any atom is -0.352 e. The smallest absolute Gasteiger partial charge is 0.251 e. The summed E-state index contributed by atoms with van der Waals surface area (Å²) in [5.74, 6) is 0.792. The van der Waals surface area contributed by atoms with Crippen LogP contribution in [0.4, 0.5) is 0 Å². The quantitative estimate of drug-likeness (QED) is 0.886. The first kappa shape index (κ1) is 18.0. The molecular formula is C23H28N2O2. The number of nitrogens with zero attached hydrogens (tertiary/aromatic N) is 1. The van der Waals surface area contributed by atoms with Crippen molar-refractivity contribution in [1.29, 1.82) is 0 Å². The Labute approximate surface area is 160 Å². The van der Waals surface area contributed by atoms with E-state index in [0.717, 1.165) is 30.2 Å². The number of rotatable bonds is 4. The van der Waals surface area contributed by atoms with E-state index < -0.39 is 0 Å². The summed E-state index contributed by atoms with van der Waals surface area (Å²) in [7, 11) is 0. The highest BCUT2D eigenvalue weighted by atomic mass is 16.2. The average Bonchev–Trinajstić information content (AvgIpc) is 2.72. The number of benzene rings is 2. The Morgan fingerprint density at radius 2 is 1.74 bits per heavy atom. The van der Waals surface area contributed by atoms with E-state index in [-0.39, 0.29) is 11.8 Å². The lowest BCUT2D eigenvalue weighted by Crippen LogP contribution is -2.50. The number of fused-ring (bicyclic) bond motifs is 2. The third kappa shape index (κ3) is 3.85. The highest BCUT2D eigenvalue weighted by molar-refractivity contribution is 6.07. The van der Waals surface area contributed by atoms with E-state index in [0.29, 0.717) is 30.5 Å². The third-order valence-corrected chi connectivity index (χ3v) is 6.22. The summed E-state index contributed by atoms with van der Waals surface area (Å²) in [6.45, 7) is 1.28. The molecule has 4 rings (SSSR count). The molecule has 2 fully saturated rings. The summed E-state index contributed by atoms with van der Waals surface area (Å²) in [6, 6.07) is 14.1. The van der Waals surface area contributed by atoms with Gasteiger partial charge < -0.3 is 10.2 Å². The molecule has 1 saturated carbocycles. The molecule has 0 aromatic heterocycles. The van der Waals surface area contributed by atoms with Crippen molar-refractivity contribution in [2.24, 2.45) is 5.92 Å². The Kier molecular flexibility index (Phi) is 5.42. The van der Waals surface area contributed by atoms with Gasteiger partial charge in [-0.1, -0.05) is 49.2 Å². The van der Waals surface area contributed by atoms with Crippen LogP contribution in [0.5, 0.6) is 0 Å². The molecule has 2 aliphatic rings. The van der Waals surface area contributed by atoms with Gasteiger partial charge in [-0.25, -0.2) is 0 Å². The van der Waals surface area contributed by atoms with Gasteiger partial charge in [0, 0.05) is 31.1 Å². The summed E-state index contributed by atoms with van der Waals surface area (Å²) in [4.78, 5) is 27.5. The largest absolute Gasteiger partial charge is 0.352 e. The molecule has 2 aromatic rings. The lowest BCUT2D eigenvalue weighted by Gasteiger charge is -2.44. The Balaban J connectivity index is 1.35. The van der Waals surface area contributed by atoms with Crippen molar-refractivity contribution >= 4 is 22.6 Å². The van der Waals surface area contributed by atoms with Gasteiger partial charge in [-0.3, -0.25) is 9.59 Å². The van der Waals surface area contributed by atoms with Gasteiger partial charge in [-0.05, 0) is 48.4 Å². The molecular weight excluding hydrogens is 336 g/mol. The molecule has 4 heteroatoms. The van der Waals surface area contributed by atoms with Gasteiger partial charge in [0.2, 0.25) is 5.91 Å². The van der Waals surface area contributed by atoms with Gasteiger partial charge in [0.05, 0.1) is 0 Å². The minimum atomic E-state index is -0.103. The lowest BCUT2D eigenvalue weighted by molar-refractivity contribution is -0.137. The summed E-state index contributed by atoms with van der Waals surface area (Å²) in [5.41, 5.74) is 0.672. The highest BCUT2D eigenvalue weighted by Gasteiger charge is 2.35. The lowest BCUT2D eigenvalue weighted by atomic mass is 9.78. The summed E-state index contributed by atoms with van der Waals surface area (Å²) >= 11 is 0. The van der Waals surface area contributed by atoms with E-state index in [1.165, 1.54) is 25.7 Å². The van der Waals surface area contributed by atoms with E-state index in [1.54, 1.807) is 0 Å². The Morgan fingerprint density at radius 1 is 0.963 bits per heavy atom. The second-order valence-electron chi connectivity index (χ2n) is 7.87. The van der Waals surface area contributed by atoms with Crippen LogP contribution in [-0.4, -0.2) is 35.8 Å². The first-order valence-electron chi connectivity index (χ1n) is 10.3. The monoisotopic (exact) mass is 364 g/mol. The molecule has 2 amide bonds. The molecule has 2 unspecified atom stereocenters. The van der Waals surface area contributed by atoms with Crippen molar-refractivity contribution in [2.75, 3.05) is 13.1 Å². The maximum absolute atomic E-state index is 12.8. The first-order valence-corrected chi connectivity index (χ1v) is 10.3. The van der Waals surface area contributed by atoms with Crippen LogP contribution in [0.2, 0.25) is 0 Å². The van der Waals surface area contributed by atoms with Crippen LogP contribution in [0.1, 0.15) is 55.3 Å². The van der Waals surface area contributed by atoms with Crippen molar-refractivity contribution in [1.82, 2.24) is 10.2 Å². The second kappa shape index (κ2) is 8.12. The molecule has 0 radical (unpaired) electrons. The maximum atomic E-state index is 12.8. The number of likely N-dealkylation sites (tertiary alicyclic amines) is 1. The van der Waals surface area contributed by atoms with E-state index in [4.69, 9.17) is 0 Å². The van der Waals surface area contributed by atoms with E-state index >= 15 is 0 Å². The number of nitrogens with one attached hydrogen (secondary N) is 1. The van der Waals surface area contributed by atoms with Gasteiger partial charge in [-0.15, -0.1) is 0 Å². The summed E-state index contributed by atoms with van der Waals surface area (Å²) in [5, 5.41) is 4.95. The predicted octanol–water partition coefficient (Wildman–Crippen LogP) is 4.14. The predicted molar refractivity (Wildman–Crippen MR) is 108 cm³/mol. The Hall–Kier alpha value is -2.36. The van der Waals surface area contributed by atoms with Crippen LogP contribution in [0, 0.1) is 5.92 Å². The van der Waals surface area contributed by atoms with Crippen molar-refractivity contribution in [3.05, 3.63) is 48.0 Å². The van der Waals surface area contributed by atoms with Crippen molar-refractivity contribution in [2.45, 2.75) is 51.0 Å². The fourth-order valence-corrected chi connectivity index (χ4v) is 4.88. The van der Waals surface area contributed by atoms with E-state index in [2.05, 4.69) is 10.2 Å². The molecule has 1 heterocycles. The molecule has 1 N–H and O–H groups in total. The van der Waals surface area contributed by atoms with Gasteiger partial charge in [0.15, 0.2) is 0 Å². The molecule has 2 atom stereocenters. The molecule has 1 saturated heterocycles. The van der Waals surface area contributed by atoms with Crippen molar-refractivity contribution in [3.63, 3.8) is 0 Å². The van der Waals surface area contributed by atoms with Crippen LogP contribution in [0.15, 0.2) is 42.5 Å². The highest BCUT2D eigenvalue weighted by Crippen LogP contribution is 2.35. The fraction of sp³-hybridized carbons (Fsp3) is 0.478. The van der Waals surface area contributed by atoms with E-state index in [9.17, 15) is 9.59 Å². The van der Waals surface area contributed by atoms with Gasteiger partial charge in [-0.2, -0.15) is 0 Å². The van der Waals surface area contributed by atoms with Crippen molar-refractivity contribution < 1.29 is 9.59 Å². The minimum absolute atomic E-state index is 0.103. The van der Waals surface area contributed by atoms with Crippen LogP contribution >= 0.6 is 0 Å². The Bertz CT molecular complexity index is 825. The van der Waals surface area contributed by atoms with Gasteiger partial charge >= 0.3 is 0 Å². The maximum Gasteiger partial charge on any atom is 0.251 e. The molecule has 27 heavy (non-hydrogen) atoms. The fourth-order valence-electron chi connectivity index (χ4n) is 4.88. The van der Waals surface area contributed by atoms with Crippen LogP contribution in [0.25, 0.3) is 10.8 Å². The zero-order valence-corrected chi connectivity index (χ0v) is 15.8. The third-order valence-electron chi connectivity index (χ3n) is 6.22.